The van der Waals surface area contributed by atoms with Gasteiger partial charge in [-0.2, -0.15) is 0 Å². The van der Waals surface area contributed by atoms with Gasteiger partial charge >= 0.3 is 6.09 Å². The number of hydrogen-bond acceptors (Lipinski definition) is 4. The average Bonchev–Trinajstić information content (AvgIpc) is 2.52. The van der Waals surface area contributed by atoms with Crippen LogP contribution in [0.3, 0.4) is 0 Å². The Kier molecular flexibility index (Phi) is 6.35. The number of piperazine rings is 1. The van der Waals surface area contributed by atoms with E-state index in [0.29, 0.717) is 13.1 Å². The molecule has 1 aliphatic rings. The highest BCUT2D eigenvalue weighted by atomic mass is 32.2. The van der Waals surface area contributed by atoms with Gasteiger partial charge in [-0.3, -0.25) is 4.90 Å². The standard InChI is InChI=1S/C15H23N3O2S/c16-13(12-21-14-4-2-1-3-5-14)6-7-17-8-10-18(11-9-17)15(19)20/h1-5,13H,6-12,16H2,(H,19,20). The minimum absolute atomic E-state index is 0.174. The minimum Gasteiger partial charge on any atom is -0.465 e. The molecule has 0 spiro atoms. The molecule has 116 valence electrons. The van der Waals surface area contributed by atoms with Crippen LogP contribution in [-0.2, 0) is 0 Å². The maximum Gasteiger partial charge on any atom is 0.407 e. The Bertz CT molecular complexity index is 436. The lowest BCUT2D eigenvalue weighted by molar-refractivity contribution is 0.104. The van der Waals surface area contributed by atoms with E-state index in [2.05, 4.69) is 17.0 Å². The molecule has 1 atom stereocenters. The Morgan fingerprint density at radius 2 is 1.90 bits per heavy atom. The molecule has 0 aromatic heterocycles. The van der Waals surface area contributed by atoms with Crippen molar-refractivity contribution in [2.24, 2.45) is 5.73 Å². The summed E-state index contributed by atoms with van der Waals surface area (Å²) in [6.07, 6.45) is 0.137. The molecule has 6 heteroatoms. The summed E-state index contributed by atoms with van der Waals surface area (Å²) in [6.45, 7) is 3.77. The van der Waals surface area contributed by atoms with Gasteiger partial charge in [0.2, 0.25) is 0 Å². The van der Waals surface area contributed by atoms with Crippen molar-refractivity contribution >= 4 is 17.9 Å². The fourth-order valence-electron chi connectivity index (χ4n) is 2.31. The summed E-state index contributed by atoms with van der Waals surface area (Å²) in [5.74, 6) is 0.916. The Hall–Kier alpha value is -1.24. The van der Waals surface area contributed by atoms with E-state index in [1.54, 1.807) is 11.8 Å². The van der Waals surface area contributed by atoms with Gasteiger partial charge in [0.15, 0.2) is 0 Å². The van der Waals surface area contributed by atoms with E-state index in [4.69, 9.17) is 10.8 Å². The van der Waals surface area contributed by atoms with E-state index >= 15 is 0 Å². The first-order valence-electron chi connectivity index (χ1n) is 7.29. The number of nitrogens with zero attached hydrogens (tertiary/aromatic N) is 2. The lowest BCUT2D eigenvalue weighted by atomic mass is 10.2. The summed E-state index contributed by atoms with van der Waals surface area (Å²) >= 11 is 1.79. The van der Waals surface area contributed by atoms with Crippen LogP contribution in [0.5, 0.6) is 0 Å². The van der Waals surface area contributed by atoms with Crippen molar-refractivity contribution in [2.75, 3.05) is 38.5 Å². The molecule has 3 N–H and O–H groups in total. The van der Waals surface area contributed by atoms with E-state index in [1.807, 2.05) is 18.2 Å². The van der Waals surface area contributed by atoms with Crippen molar-refractivity contribution in [3.8, 4) is 0 Å². The molecule has 1 unspecified atom stereocenters. The van der Waals surface area contributed by atoms with Crippen molar-refractivity contribution in [2.45, 2.75) is 17.4 Å². The van der Waals surface area contributed by atoms with Crippen molar-refractivity contribution in [1.82, 2.24) is 9.80 Å². The normalized spacial score (nSPS) is 17.7. The van der Waals surface area contributed by atoms with Gasteiger partial charge in [-0.15, -0.1) is 11.8 Å². The summed E-state index contributed by atoms with van der Waals surface area (Å²) in [4.78, 5) is 15.9. The number of carbonyl (C=O) groups is 1. The van der Waals surface area contributed by atoms with Gasteiger partial charge in [0, 0.05) is 42.9 Å². The lowest BCUT2D eigenvalue weighted by Gasteiger charge is -2.33. The van der Waals surface area contributed by atoms with Gasteiger partial charge in [0.25, 0.3) is 0 Å². The molecule has 1 aliphatic heterocycles. The highest BCUT2D eigenvalue weighted by molar-refractivity contribution is 7.99. The first-order chi connectivity index (χ1) is 10.1. The Labute approximate surface area is 130 Å². The smallest absolute Gasteiger partial charge is 0.407 e. The van der Waals surface area contributed by atoms with Crippen LogP contribution in [0.2, 0.25) is 0 Å². The summed E-state index contributed by atoms with van der Waals surface area (Å²) in [7, 11) is 0. The second-order valence-corrected chi connectivity index (χ2v) is 6.38. The molecule has 1 aromatic carbocycles. The number of nitrogens with two attached hydrogens (primary N) is 1. The number of benzene rings is 1. The first kappa shape index (κ1) is 16.1. The average molecular weight is 309 g/mol. The number of rotatable bonds is 6. The van der Waals surface area contributed by atoms with Crippen molar-refractivity contribution in [3.05, 3.63) is 30.3 Å². The highest BCUT2D eigenvalue weighted by Crippen LogP contribution is 2.18. The van der Waals surface area contributed by atoms with E-state index in [-0.39, 0.29) is 6.04 Å². The number of thioether (sulfide) groups is 1. The maximum absolute atomic E-state index is 10.8. The second kappa shape index (κ2) is 8.26. The predicted molar refractivity (Wildman–Crippen MR) is 85.8 cm³/mol. The quantitative estimate of drug-likeness (QED) is 0.784. The SMILES string of the molecule is NC(CCN1CCN(C(=O)O)CC1)CSc1ccccc1. The molecule has 1 fully saturated rings. The van der Waals surface area contributed by atoms with Gasteiger partial charge in [-0.25, -0.2) is 4.79 Å². The maximum atomic E-state index is 10.8. The molecule has 21 heavy (non-hydrogen) atoms. The van der Waals surface area contributed by atoms with Crippen LogP contribution < -0.4 is 5.73 Å². The molecule has 2 rings (SSSR count). The van der Waals surface area contributed by atoms with Crippen LogP contribution in [0.25, 0.3) is 0 Å². The molecule has 1 aromatic rings. The van der Waals surface area contributed by atoms with Gasteiger partial charge < -0.3 is 15.7 Å². The van der Waals surface area contributed by atoms with E-state index < -0.39 is 6.09 Å². The molecule has 0 bridgehead atoms. The number of hydrogen-bond donors (Lipinski definition) is 2. The van der Waals surface area contributed by atoms with E-state index in [1.165, 1.54) is 9.80 Å². The molecule has 1 saturated heterocycles. The molecular weight excluding hydrogens is 286 g/mol. The van der Waals surface area contributed by atoms with Gasteiger partial charge in [0.1, 0.15) is 0 Å². The molecular formula is C15H23N3O2S. The Balaban J connectivity index is 1.61. The molecule has 0 aliphatic carbocycles. The van der Waals surface area contributed by atoms with Crippen LogP contribution in [0.15, 0.2) is 35.2 Å². The van der Waals surface area contributed by atoms with Gasteiger partial charge in [0.05, 0.1) is 0 Å². The Morgan fingerprint density at radius 1 is 1.24 bits per heavy atom. The van der Waals surface area contributed by atoms with Crippen molar-refractivity contribution in [1.29, 1.82) is 0 Å². The largest absolute Gasteiger partial charge is 0.465 e. The first-order valence-corrected chi connectivity index (χ1v) is 8.27. The predicted octanol–water partition coefficient (Wildman–Crippen LogP) is 1.79. The third-order valence-electron chi connectivity index (χ3n) is 3.67. The zero-order valence-corrected chi connectivity index (χ0v) is 13.0. The van der Waals surface area contributed by atoms with Crippen LogP contribution in [0, 0.1) is 0 Å². The van der Waals surface area contributed by atoms with Crippen molar-refractivity contribution < 1.29 is 9.90 Å². The minimum atomic E-state index is -0.814. The summed E-state index contributed by atoms with van der Waals surface area (Å²) < 4.78 is 0. The lowest BCUT2D eigenvalue weighted by Crippen LogP contribution is -2.49. The molecule has 0 saturated carbocycles. The zero-order valence-electron chi connectivity index (χ0n) is 12.1. The van der Waals surface area contributed by atoms with Crippen molar-refractivity contribution in [3.63, 3.8) is 0 Å². The van der Waals surface area contributed by atoms with E-state index in [9.17, 15) is 4.79 Å². The zero-order chi connectivity index (χ0) is 15.1. The summed E-state index contributed by atoms with van der Waals surface area (Å²) in [5.41, 5.74) is 6.16. The third kappa shape index (κ3) is 5.57. The highest BCUT2D eigenvalue weighted by Gasteiger charge is 2.20. The second-order valence-electron chi connectivity index (χ2n) is 5.28. The van der Waals surface area contributed by atoms with Crippen LogP contribution >= 0.6 is 11.8 Å². The Morgan fingerprint density at radius 3 is 2.52 bits per heavy atom. The number of amides is 1. The van der Waals surface area contributed by atoms with Crippen LogP contribution in [0.4, 0.5) is 4.79 Å². The molecule has 1 heterocycles. The third-order valence-corrected chi connectivity index (χ3v) is 4.87. The monoisotopic (exact) mass is 309 g/mol. The van der Waals surface area contributed by atoms with E-state index in [0.717, 1.165) is 31.8 Å². The fraction of sp³-hybridized carbons (Fsp3) is 0.533. The topological polar surface area (TPSA) is 69.8 Å². The summed E-state index contributed by atoms with van der Waals surface area (Å²) in [6, 6.07) is 10.5. The molecule has 5 nitrogen and oxygen atoms in total. The molecule has 1 amide bonds. The molecule has 0 radical (unpaired) electrons. The van der Waals surface area contributed by atoms with Gasteiger partial charge in [-0.05, 0) is 25.1 Å². The summed E-state index contributed by atoms with van der Waals surface area (Å²) in [5, 5.41) is 8.91. The van der Waals surface area contributed by atoms with Crippen LogP contribution in [0.1, 0.15) is 6.42 Å². The van der Waals surface area contributed by atoms with Crippen LogP contribution in [-0.4, -0.2) is 65.5 Å². The fourth-order valence-corrected chi connectivity index (χ4v) is 3.24. The number of carboxylic acid groups (broad SMARTS) is 1. The van der Waals surface area contributed by atoms with Gasteiger partial charge in [-0.1, -0.05) is 18.2 Å².